The summed E-state index contributed by atoms with van der Waals surface area (Å²) in [6.07, 6.45) is 9.52. The molecule has 0 atom stereocenters. The lowest BCUT2D eigenvalue weighted by Gasteiger charge is -2.28. The van der Waals surface area contributed by atoms with E-state index in [4.69, 9.17) is 9.15 Å². The Balaban J connectivity index is 1.32. The molecule has 1 aliphatic carbocycles. The van der Waals surface area contributed by atoms with Gasteiger partial charge in [-0.25, -0.2) is 0 Å². The molecule has 0 bridgehead atoms. The van der Waals surface area contributed by atoms with Crippen molar-refractivity contribution in [1.29, 1.82) is 0 Å². The molecule has 1 saturated carbocycles. The van der Waals surface area contributed by atoms with Crippen molar-refractivity contribution in [2.45, 2.75) is 45.1 Å². The van der Waals surface area contributed by atoms with Crippen LogP contribution in [0.5, 0.6) is 5.75 Å². The monoisotopic (exact) mass is 396 g/mol. The summed E-state index contributed by atoms with van der Waals surface area (Å²) in [5.41, 5.74) is 0.808. The molecular weight excluding hydrogens is 364 g/mol. The van der Waals surface area contributed by atoms with E-state index in [2.05, 4.69) is 4.90 Å². The number of hydrogen-bond acceptors (Lipinski definition) is 4. The van der Waals surface area contributed by atoms with E-state index in [1.54, 1.807) is 6.26 Å². The quantitative estimate of drug-likeness (QED) is 0.717. The Hall–Kier alpha value is -2.27. The van der Waals surface area contributed by atoms with Gasteiger partial charge in [-0.05, 0) is 49.9 Å². The van der Waals surface area contributed by atoms with Gasteiger partial charge in [0.1, 0.15) is 12.4 Å². The van der Waals surface area contributed by atoms with Crippen LogP contribution in [-0.4, -0.2) is 48.4 Å². The van der Waals surface area contributed by atoms with E-state index in [9.17, 15) is 4.79 Å². The molecule has 1 saturated heterocycles. The maximum absolute atomic E-state index is 13.1. The highest BCUT2D eigenvalue weighted by Gasteiger charge is 2.26. The molecule has 4 rings (SSSR count). The van der Waals surface area contributed by atoms with Crippen LogP contribution >= 0.6 is 0 Å². The van der Waals surface area contributed by atoms with E-state index in [0.29, 0.717) is 12.4 Å². The molecule has 2 aromatic rings. The van der Waals surface area contributed by atoms with Crippen molar-refractivity contribution in [3.8, 4) is 5.75 Å². The molecule has 2 fully saturated rings. The molecule has 29 heavy (non-hydrogen) atoms. The second-order valence-electron chi connectivity index (χ2n) is 8.33. The largest absolute Gasteiger partial charge is 0.489 e. The van der Waals surface area contributed by atoms with Gasteiger partial charge < -0.3 is 19.0 Å². The van der Waals surface area contributed by atoms with Crippen LogP contribution in [0.4, 0.5) is 0 Å². The molecule has 1 amide bonds. The van der Waals surface area contributed by atoms with Crippen LogP contribution in [0, 0.1) is 5.92 Å². The minimum atomic E-state index is -0.0128. The van der Waals surface area contributed by atoms with Crippen molar-refractivity contribution < 1.29 is 13.9 Å². The number of rotatable bonds is 6. The van der Waals surface area contributed by atoms with Gasteiger partial charge in [-0.3, -0.25) is 4.79 Å². The lowest BCUT2D eigenvalue weighted by atomic mass is 9.89. The Morgan fingerprint density at radius 3 is 2.62 bits per heavy atom. The highest BCUT2D eigenvalue weighted by molar-refractivity contribution is 5.93. The van der Waals surface area contributed by atoms with E-state index in [1.807, 2.05) is 41.3 Å². The molecule has 2 aliphatic rings. The van der Waals surface area contributed by atoms with Gasteiger partial charge in [-0.15, -0.1) is 0 Å². The summed E-state index contributed by atoms with van der Waals surface area (Å²) in [6, 6.07) is 11.5. The van der Waals surface area contributed by atoms with Crippen LogP contribution in [0.25, 0.3) is 0 Å². The van der Waals surface area contributed by atoms with Crippen LogP contribution in [0.1, 0.15) is 54.6 Å². The molecule has 1 aliphatic heterocycles. The first kappa shape index (κ1) is 20.0. The molecule has 156 valence electrons. The van der Waals surface area contributed by atoms with Gasteiger partial charge in [0.05, 0.1) is 6.26 Å². The fourth-order valence-corrected chi connectivity index (χ4v) is 4.55. The maximum atomic E-state index is 13.1. The van der Waals surface area contributed by atoms with Gasteiger partial charge in [0, 0.05) is 31.7 Å². The zero-order valence-corrected chi connectivity index (χ0v) is 17.2. The van der Waals surface area contributed by atoms with Crippen molar-refractivity contribution in [2.24, 2.45) is 5.92 Å². The van der Waals surface area contributed by atoms with Gasteiger partial charge in [0.15, 0.2) is 5.76 Å². The fourth-order valence-electron chi connectivity index (χ4n) is 4.55. The first-order valence-corrected chi connectivity index (χ1v) is 11.1. The smallest absolute Gasteiger partial charge is 0.290 e. The molecule has 2 heterocycles. The zero-order chi connectivity index (χ0) is 19.9. The van der Waals surface area contributed by atoms with Gasteiger partial charge in [0.2, 0.25) is 0 Å². The molecule has 1 aromatic carbocycles. The molecule has 5 nitrogen and oxygen atoms in total. The molecular formula is C24H32N2O3. The fraction of sp³-hybridized carbons (Fsp3) is 0.542. The van der Waals surface area contributed by atoms with Gasteiger partial charge in [-0.1, -0.05) is 37.5 Å². The number of nitrogens with zero attached hydrogens (tertiary/aromatic N) is 2. The van der Waals surface area contributed by atoms with Crippen molar-refractivity contribution in [1.82, 2.24) is 9.80 Å². The summed E-state index contributed by atoms with van der Waals surface area (Å²) in [6.45, 7) is 5.13. The van der Waals surface area contributed by atoms with Crippen LogP contribution in [0.3, 0.4) is 0 Å². The average Bonchev–Trinajstić information content (AvgIpc) is 3.12. The summed E-state index contributed by atoms with van der Waals surface area (Å²) in [7, 11) is 0. The average molecular weight is 397 g/mol. The summed E-state index contributed by atoms with van der Waals surface area (Å²) >= 11 is 0. The van der Waals surface area contributed by atoms with Crippen molar-refractivity contribution in [2.75, 3.05) is 32.7 Å². The number of carbonyl (C=O) groups excluding carboxylic acids is 1. The third kappa shape index (κ3) is 5.41. The topological polar surface area (TPSA) is 45.9 Å². The third-order valence-corrected chi connectivity index (χ3v) is 6.20. The molecule has 0 radical (unpaired) electrons. The second kappa shape index (κ2) is 9.97. The van der Waals surface area contributed by atoms with Crippen molar-refractivity contribution in [3.63, 3.8) is 0 Å². The van der Waals surface area contributed by atoms with E-state index in [0.717, 1.165) is 49.8 Å². The molecule has 1 aromatic heterocycles. The molecule has 0 spiro atoms. The lowest BCUT2D eigenvalue weighted by molar-refractivity contribution is 0.0724. The number of benzene rings is 1. The summed E-state index contributed by atoms with van der Waals surface area (Å²) in [4.78, 5) is 17.6. The normalized spacial score (nSPS) is 19.1. The van der Waals surface area contributed by atoms with Crippen LogP contribution in [0.15, 0.2) is 47.1 Å². The summed E-state index contributed by atoms with van der Waals surface area (Å²) in [5.74, 6) is 2.04. The first-order chi connectivity index (χ1) is 14.3. The highest BCUT2D eigenvalue weighted by Crippen LogP contribution is 2.25. The molecule has 0 unspecified atom stereocenters. The molecule has 0 N–H and O–H groups in total. The van der Waals surface area contributed by atoms with Crippen molar-refractivity contribution in [3.05, 3.63) is 54.0 Å². The Morgan fingerprint density at radius 1 is 0.966 bits per heavy atom. The number of carbonyl (C=O) groups is 1. The van der Waals surface area contributed by atoms with Crippen LogP contribution < -0.4 is 4.74 Å². The van der Waals surface area contributed by atoms with Crippen LogP contribution in [-0.2, 0) is 6.61 Å². The third-order valence-electron chi connectivity index (χ3n) is 6.20. The Bertz CT molecular complexity index is 767. The highest BCUT2D eigenvalue weighted by atomic mass is 16.5. The van der Waals surface area contributed by atoms with Gasteiger partial charge >= 0.3 is 0 Å². The van der Waals surface area contributed by atoms with Crippen LogP contribution in [0.2, 0.25) is 0 Å². The number of ether oxygens (including phenoxy) is 1. The Labute approximate surface area is 173 Å². The number of amides is 1. The number of para-hydroxylation sites is 1. The minimum Gasteiger partial charge on any atom is -0.489 e. The maximum Gasteiger partial charge on any atom is 0.290 e. The Morgan fingerprint density at radius 2 is 1.79 bits per heavy atom. The van der Waals surface area contributed by atoms with E-state index in [1.165, 1.54) is 38.6 Å². The molecule has 5 heteroatoms. The van der Waals surface area contributed by atoms with E-state index in [-0.39, 0.29) is 5.91 Å². The number of furan rings is 1. The lowest BCUT2D eigenvalue weighted by Crippen LogP contribution is -2.37. The summed E-state index contributed by atoms with van der Waals surface area (Å²) in [5, 5.41) is 0. The minimum absolute atomic E-state index is 0.0128. The van der Waals surface area contributed by atoms with E-state index < -0.39 is 0 Å². The summed E-state index contributed by atoms with van der Waals surface area (Å²) < 4.78 is 11.4. The number of hydrogen-bond donors (Lipinski definition) is 0. The predicted octanol–water partition coefficient (Wildman–Crippen LogP) is 4.59. The van der Waals surface area contributed by atoms with Gasteiger partial charge in [0.25, 0.3) is 5.91 Å². The van der Waals surface area contributed by atoms with E-state index >= 15 is 0 Å². The van der Waals surface area contributed by atoms with Gasteiger partial charge in [-0.2, -0.15) is 0 Å². The zero-order valence-electron chi connectivity index (χ0n) is 17.2. The predicted molar refractivity (Wildman–Crippen MR) is 113 cm³/mol. The Kier molecular flexibility index (Phi) is 6.88. The standard InChI is InChI=1S/C24H32N2O3/c27-24(23-21(12-17-28-23)19-29-22-10-5-2-6-11-22)26-14-7-13-25(15-16-26)18-20-8-3-1-4-9-20/h2,5-6,10-12,17,20H,1,3-4,7-9,13-16,18-19H2. The first-order valence-electron chi connectivity index (χ1n) is 11.1. The second-order valence-corrected chi connectivity index (χ2v) is 8.33. The van der Waals surface area contributed by atoms with Crippen molar-refractivity contribution >= 4 is 5.91 Å². The SMILES string of the molecule is O=C(c1occc1COc1ccccc1)N1CCCN(CC2CCCCC2)CC1.